The van der Waals surface area contributed by atoms with Crippen molar-refractivity contribution in [2.24, 2.45) is 0 Å². The smallest absolute Gasteiger partial charge is 0.0442 e. The minimum Gasteiger partial charge on any atom is -0.367 e. The van der Waals surface area contributed by atoms with Crippen molar-refractivity contribution in [2.45, 2.75) is 19.8 Å². The van der Waals surface area contributed by atoms with E-state index in [0.717, 1.165) is 6.54 Å². The Morgan fingerprint density at radius 1 is 1.29 bits per heavy atom. The van der Waals surface area contributed by atoms with E-state index < -0.39 is 0 Å². The second kappa shape index (κ2) is 4.32. The summed E-state index contributed by atoms with van der Waals surface area (Å²) in [6, 6.07) is 8.63. The van der Waals surface area contributed by atoms with Crippen LogP contribution in [0, 0.1) is 0 Å². The highest BCUT2D eigenvalue weighted by atomic mass is 15.1. The molecular formula is C13H17N. The molecule has 1 aromatic rings. The summed E-state index contributed by atoms with van der Waals surface area (Å²) in [5, 5.41) is 0. The Kier molecular flexibility index (Phi) is 2.87. The molecule has 2 rings (SSSR count). The lowest BCUT2D eigenvalue weighted by molar-refractivity contribution is 0.744. The molecule has 0 fully saturated rings. The number of para-hydroxylation sites is 1. The number of nitrogens with zero attached hydrogens (tertiary/aromatic N) is 1. The van der Waals surface area contributed by atoms with Gasteiger partial charge in [0.2, 0.25) is 0 Å². The third-order valence-corrected chi connectivity index (χ3v) is 2.68. The van der Waals surface area contributed by atoms with Gasteiger partial charge in [-0.15, -0.1) is 0 Å². The number of hydrogen-bond acceptors (Lipinski definition) is 1. The van der Waals surface area contributed by atoms with Gasteiger partial charge in [0, 0.05) is 18.8 Å². The van der Waals surface area contributed by atoms with Crippen LogP contribution in [0.2, 0.25) is 0 Å². The van der Waals surface area contributed by atoms with E-state index >= 15 is 0 Å². The predicted molar refractivity (Wildman–Crippen MR) is 62.6 cm³/mol. The normalized spacial score (nSPS) is 14.2. The Balaban J connectivity index is 2.18. The van der Waals surface area contributed by atoms with Gasteiger partial charge in [-0.2, -0.15) is 0 Å². The van der Waals surface area contributed by atoms with E-state index in [1.165, 1.54) is 30.6 Å². The van der Waals surface area contributed by atoms with Crippen LogP contribution in [0.3, 0.4) is 0 Å². The maximum Gasteiger partial charge on any atom is 0.0442 e. The summed E-state index contributed by atoms with van der Waals surface area (Å²) in [6.07, 6.45) is 7.01. The van der Waals surface area contributed by atoms with E-state index in [9.17, 15) is 0 Å². The number of fused-ring (bicyclic) bond motifs is 1. The lowest BCUT2D eigenvalue weighted by Gasteiger charge is -2.27. The highest BCUT2D eigenvalue weighted by molar-refractivity contribution is 5.71. The third-order valence-electron chi connectivity index (χ3n) is 2.68. The predicted octanol–water partition coefficient (Wildman–Crippen LogP) is 3.32. The molecule has 0 saturated heterocycles. The number of hydrogen-bond donors (Lipinski definition) is 0. The summed E-state index contributed by atoms with van der Waals surface area (Å²) in [6.45, 7) is 4.49. The van der Waals surface area contributed by atoms with Crippen LogP contribution in [0.25, 0.3) is 6.08 Å². The van der Waals surface area contributed by atoms with Crippen LogP contribution < -0.4 is 4.90 Å². The average Bonchev–Trinajstić information content (AvgIpc) is 2.26. The zero-order valence-corrected chi connectivity index (χ0v) is 8.74. The minimum absolute atomic E-state index is 1.07. The van der Waals surface area contributed by atoms with Crippen molar-refractivity contribution in [3.8, 4) is 0 Å². The molecule has 0 spiro atoms. The van der Waals surface area contributed by atoms with Crippen LogP contribution in [0.1, 0.15) is 25.3 Å². The molecule has 1 heterocycles. The molecule has 0 atom stereocenters. The fourth-order valence-electron chi connectivity index (χ4n) is 1.88. The molecule has 1 heteroatoms. The average molecular weight is 187 g/mol. The van der Waals surface area contributed by atoms with E-state index in [1.54, 1.807) is 0 Å². The lowest BCUT2D eigenvalue weighted by atomic mass is 10.1. The summed E-state index contributed by atoms with van der Waals surface area (Å²) < 4.78 is 0. The monoisotopic (exact) mass is 187 g/mol. The molecule has 1 nitrogen and oxygen atoms in total. The zero-order valence-electron chi connectivity index (χ0n) is 8.74. The second-order valence-corrected chi connectivity index (χ2v) is 3.76. The van der Waals surface area contributed by atoms with Crippen molar-refractivity contribution >= 4 is 11.8 Å². The minimum atomic E-state index is 1.07. The maximum absolute atomic E-state index is 2.46. The molecule has 0 N–H and O–H groups in total. The molecule has 1 aliphatic heterocycles. The third kappa shape index (κ3) is 1.82. The lowest BCUT2D eigenvalue weighted by Crippen LogP contribution is -2.26. The van der Waals surface area contributed by atoms with Crippen molar-refractivity contribution in [1.82, 2.24) is 0 Å². The van der Waals surface area contributed by atoms with Crippen molar-refractivity contribution in [2.75, 3.05) is 18.0 Å². The van der Waals surface area contributed by atoms with Crippen LogP contribution in [0.15, 0.2) is 30.3 Å². The van der Waals surface area contributed by atoms with Crippen molar-refractivity contribution in [3.63, 3.8) is 0 Å². The quantitative estimate of drug-likeness (QED) is 0.701. The SMILES string of the molecule is CCCCN1CC=Cc2ccccc21. The summed E-state index contributed by atoms with van der Waals surface area (Å²) in [4.78, 5) is 2.46. The van der Waals surface area contributed by atoms with E-state index in [0.29, 0.717) is 0 Å². The van der Waals surface area contributed by atoms with Crippen molar-refractivity contribution < 1.29 is 0 Å². The molecule has 0 amide bonds. The Hall–Kier alpha value is -1.24. The fourth-order valence-corrected chi connectivity index (χ4v) is 1.88. The largest absolute Gasteiger partial charge is 0.367 e. The van der Waals surface area contributed by atoms with Gasteiger partial charge in [-0.25, -0.2) is 0 Å². The Morgan fingerprint density at radius 3 is 3.00 bits per heavy atom. The maximum atomic E-state index is 2.46. The first kappa shape index (κ1) is 9.32. The number of benzene rings is 1. The molecular weight excluding hydrogens is 170 g/mol. The Labute approximate surface area is 86.1 Å². The summed E-state index contributed by atoms with van der Waals surface area (Å²) in [5.41, 5.74) is 2.75. The number of rotatable bonds is 3. The molecule has 0 saturated carbocycles. The van der Waals surface area contributed by atoms with Crippen LogP contribution in [-0.4, -0.2) is 13.1 Å². The van der Waals surface area contributed by atoms with Crippen molar-refractivity contribution in [1.29, 1.82) is 0 Å². The van der Waals surface area contributed by atoms with Gasteiger partial charge in [0.25, 0.3) is 0 Å². The number of unbranched alkanes of at least 4 members (excludes halogenated alkanes) is 1. The van der Waals surface area contributed by atoms with Crippen molar-refractivity contribution in [3.05, 3.63) is 35.9 Å². The van der Waals surface area contributed by atoms with Gasteiger partial charge in [0.15, 0.2) is 0 Å². The Morgan fingerprint density at radius 2 is 2.14 bits per heavy atom. The summed E-state index contributed by atoms with van der Waals surface area (Å²) >= 11 is 0. The highest BCUT2D eigenvalue weighted by Crippen LogP contribution is 2.25. The van der Waals surface area contributed by atoms with Gasteiger partial charge < -0.3 is 4.90 Å². The molecule has 0 aliphatic carbocycles. The van der Waals surface area contributed by atoms with E-state index in [-0.39, 0.29) is 0 Å². The summed E-state index contributed by atoms with van der Waals surface area (Å²) in [5.74, 6) is 0. The zero-order chi connectivity index (χ0) is 9.80. The molecule has 1 aliphatic rings. The molecule has 0 bridgehead atoms. The Bertz CT molecular complexity index is 328. The molecule has 14 heavy (non-hydrogen) atoms. The standard InChI is InChI=1S/C13H17N/c1-2-3-10-14-11-6-8-12-7-4-5-9-13(12)14/h4-9H,2-3,10-11H2,1H3. The first-order chi connectivity index (χ1) is 6.92. The van der Waals surface area contributed by atoms with E-state index in [2.05, 4.69) is 48.2 Å². The molecule has 0 aromatic heterocycles. The molecule has 0 unspecified atom stereocenters. The molecule has 74 valence electrons. The van der Waals surface area contributed by atoms with Crippen LogP contribution in [0.4, 0.5) is 5.69 Å². The van der Waals surface area contributed by atoms with E-state index in [4.69, 9.17) is 0 Å². The fraction of sp³-hybridized carbons (Fsp3) is 0.385. The second-order valence-electron chi connectivity index (χ2n) is 3.76. The first-order valence-corrected chi connectivity index (χ1v) is 5.42. The van der Waals surface area contributed by atoms with Gasteiger partial charge in [0.05, 0.1) is 0 Å². The first-order valence-electron chi connectivity index (χ1n) is 5.42. The van der Waals surface area contributed by atoms with Gasteiger partial charge >= 0.3 is 0 Å². The molecule has 1 aromatic carbocycles. The van der Waals surface area contributed by atoms with Gasteiger partial charge in [-0.05, 0) is 18.1 Å². The van der Waals surface area contributed by atoms with Gasteiger partial charge in [0.1, 0.15) is 0 Å². The van der Waals surface area contributed by atoms with Gasteiger partial charge in [-0.3, -0.25) is 0 Å². The van der Waals surface area contributed by atoms with Gasteiger partial charge in [-0.1, -0.05) is 43.7 Å². The summed E-state index contributed by atoms with van der Waals surface area (Å²) in [7, 11) is 0. The molecule has 0 radical (unpaired) electrons. The van der Waals surface area contributed by atoms with Crippen LogP contribution >= 0.6 is 0 Å². The van der Waals surface area contributed by atoms with E-state index in [1.807, 2.05) is 0 Å². The van der Waals surface area contributed by atoms with Crippen LogP contribution in [-0.2, 0) is 0 Å². The highest BCUT2D eigenvalue weighted by Gasteiger charge is 2.10. The van der Waals surface area contributed by atoms with Crippen LogP contribution in [0.5, 0.6) is 0 Å². The number of anilines is 1. The topological polar surface area (TPSA) is 3.24 Å².